The molecule has 2 N–H and O–H groups in total. The van der Waals surface area contributed by atoms with Crippen LogP contribution in [0, 0.1) is 18.8 Å². The third-order valence-corrected chi connectivity index (χ3v) is 5.50. The highest BCUT2D eigenvalue weighted by molar-refractivity contribution is 5.93. The zero-order valence-corrected chi connectivity index (χ0v) is 15.3. The molecule has 2 aromatic rings. The molecule has 1 amide bonds. The Labute approximate surface area is 152 Å². The molecular formula is C20H24N4O2. The van der Waals surface area contributed by atoms with Crippen LogP contribution in [0.1, 0.15) is 44.1 Å². The van der Waals surface area contributed by atoms with Crippen LogP contribution in [0.3, 0.4) is 0 Å². The lowest BCUT2D eigenvalue weighted by atomic mass is 9.82. The van der Waals surface area contributed by atoms with Gasteiger partial charge in [0.15, 0.2) is 0 Å². The maximum absolute atomic E-state index is 12.4. The van der Waals surface area contributed by atoms with Gasteiger partial charge in [0.05, 0.1) is 17.4 Å². The molecule has 1 saturated carbocycles. The summed E-state index contributed by atoms with van der Waals surface area (Å²) < 4.78 is 0. The lowest BCUT2D eigenvalue weighted by Gasteiger charge is -2.45. The predicted molar refractivity (Wildman–Crippen MR) is 101 cm³/mol. The van der Waals surface area contributed by atoms with Crippen LogP contribution in [0.4, 0.5) is 11.5 Å². The maximum Gasteiger partial charge on any atom is 0.248 e. The Bertz CT molecular complexity index is 903. The summed E-state index contributed by atoms with van der Waals surface area (Å²) in [5, 5.41) is 3.51. The van der Waals surface area contributed by atoms with Crippen molar-refractivity contribution in [1.29, 1.82) is 0 Å². The molecule has 1 fully saturated rings. The van der Waals surface area contributed by atoms with Crippen LogP contribution < -0.4 is 15.8 Å². The number of anilines is 2. The van der Waals surface area contributed by atoms with Gasteiger partial charge in [0.1, 0.15) is 5.82 Å². The van der Waals surface area contributed by atoms with Gasteiger partial charge in [-0.2, -0.15) is 0 Å². The SMILES string of the molecule is CC(=O)N1c2ccc(=O)[nH]c2[C@H](Nc2cccc(C)n2)C(C)[C@@H]1C1CC1. The Morgan fingerprint density at radius 1 is 1.27 bits per heavy atom. The molecule has 0 radical (unpaired) electrons. The van der Waals surface area contributed by atoms with Gasteiger partial charge in [-0.1, -0.05) is 13.0 Å². The van der Waals surface area contributed by atoms with Gasteiger partial charge in [-0.05, 0) is 43.9 Å². The summed E-state index contributed by atoms with van der Waals surface area (Å²) in [5.41, 5.74) is 2.34. The number of rotatable bonds is 3. The van der Waals surface area contributed by atoms with Crippen LogP contribution >= 0.6 is 0 Å². The minimum Gasteiger partial charge on any atom is -0.361 e. The molecule has 4 rings (SSSR count). The number of nitrogens with zero attached hydrogens (tertiary/aromatic N) is 2. The Morgan fingerprint density at radius 3 is 2.69 bits per heavy atom. The second-order valence-corrected chi connectivity index (χ2v) is 7.48. The highest BCUT2D eigenvalue weighted by atomic mass is 16.2. The number of hydrogen-bond acceptors (Lipinski definition) is 4. The minimum absolute atomic E-state index is 0.0224. The number of aromatic amines is 1. The summed E-state index contributed by atoms with van der Waals surface area (Å²) in [6, 6.07) is 9.15. The van der Waals surface area contributed by atoms with Crippen LogP contribution in [-0.4, -0.2) is 21.9 Å². The molecule has 3 heterocycles. The van der Waals surface area contributed by atoms with Crippen LogP contribution in [0.5, 0.6) is 0 Å². The molecule has 6 nitrogen and oxygen atoms in total. The third kappa shape index (κ3) is 2.89. The lowest BCUT2D eigenvalue weighted by molar-refractivity contribution is -0.117. The van der Waals surface area contributed by atoms with Crippen LogP contribution in [-0.2, 0) is 4.79 Å². The molecule has 0 aromatic carbocycles. The van der Waals surface area contributed by atoms with E-state index in [0.29, 0.717) is 5.92 Å². The van der Waals surface area contributed by atoms with Crippen molar-refractivity contribution in [2.75, 3.05) is 10.2 Å². The highest BCUT2D eigenvalue weighted by Crippen LogP contribution is 2.48. The second kappa shape index (κ2) is 6.27. The first-order valence-corrected chi connectivity index (χ1v) is 9.19. The van der Waals surface area contributed by atoms with Crippen molar-refractivity contribution in [2.45, 2.75) is 45.7 Å². The van der Waals surface area contributed by atoms with Crippen molar-refractivity contribution in [1.82, 2.24) is 9.97 Å². The van der Waals surface area contributed by atoms with E-state index in [0.717, 1.165) is 35.7 Å². The Morgan fingerprint density at radius 2 is 2.04 bits per heavy atom. The quantitative estimate of drug-likeness (QED) is 0.890. The molecule has 26 heavy (non-hydrogen) atoms. The van der Waals surface area contributed by atoms with Gasteiger partial charge in [-0.15, -0.1) is 0 Å². The van der Waals surface area contributed by atoms with Crippen LogP contribution in [0.15, 0.2) is 35.1 Å². The largest absolute Gasteiger partial charge is 0.361 e. The smallest absolute Gasteiger partial charge is 0.248 e. The molecule has 1 unspecified atom stereocenters. The first-order valence-electron chi connectivity index (χ1n) is 9.19. The van der Waals surface area contributed by atoms with E-state index in [1.165, 1.54) is 6.07 Å². The number of amides is 1. The number of nitrogens with one attached hydrogen (secondary N) is 2. The van der Waals surface area contributed by atoms with E-state index in [9.17, 15) is 9.59 Å². The van der Waals surface area contributed by atoms with Crippen molar-refractivity contribution in [3.05, 3.63) is 52.1 Å². The van der Waals surface area contributed by atoms with Gasteiger partial charge in [-0.25, -0.2) is 4.98 Å². The third-order valence-electron chi connectivity index (χ3n) is 5.50. The van der Waals surface area contributed by atoms with E-state index in [4.69, 9.17) is 0 Å². The summed E-state index contributed by atoms with van der Waals surface area (Å²) in [6.07, 6.45) is 2.29. The minimum atomic E-state index is -0.159. The van der Waals surface area contributed by atoms with E-state index in [1.807, 2.05) is 30.0 Å². The number of hydrogen-bond donors (Lipinski definition) is 2. The molecule has 0 spiro atoms. The fourth-order valence-electron chi connectivity index (χ4n) is 4.23. The van der Waals surface area contributed by atoms with E-state index in [1.54, 1.807) is 13.0 Å². The Hall–Kier alpha value is -2.63. The van der Waals surface area contributed by atoms with Crippen LogP contribution in [0.25, 0.3) is 0 Å². The fraction of sp³-hybridized carbons (Fsp3) is 0.450. The summed E-state index contributed by atoms with van der Waals surface area (Å²) >= 11 is 0. The van der Waals surface area contributed by atoms with E-state index < -0.39 is 0 Å². The standard InChI is InChI=1S/C20H24N4O2/c1-11-5-4-6-16(21-11)22-18-12(2)20(14-7-8-14)24(13(3)25)15-9-10-17(26)23-19(15)18/h4-6,9-10,12,14,18,20H,7-8H2,1-3H3,(H,21,22)(H,23,26)/t12?,18-,20-/m1/s1. The zero-order chi connectivity index (χ0) is 18.4. The number of pyridine rings is 2. The summed E-state index contributed by atoms with van der Waals surface area (Å²) in [6.45, 7) is 5.71. The molecule has 3 atom stereocenters. The lowest BCUT2D eigenvalue weighted by Crippen LogP contribution is -2.52. The first kappa shape index (κ1) is 16.8. The van der Waals surface area contributed by atoms with E-state index >= 15 is 0 Å². The monoisotopic (exact) mass is 352 g/mol. The normalized spacial score (nSPS) is 24.9. The molecule has 1 aliphatic carbocycles. The van der Waals surface area contributed by atoms with E-state index in [-0.39, 0.29) is 29.5 Å². The van der Waals surface area contributed by atoms with Crippen molar-refractivity contribution >= 4 is 17.4 Å². The molecule has 2 aliphatic rings. The van der Waals surface area contributed by atoms with Gasteiger partial charge in [0.2, 0.25) is 11.5 Å². The number of fused-ring (bicyclic) bond motifs is 1. The first-order chi connectivity index (χ1) is 12.5. The molecule has 136 valence electrons. The Kier molecular flexibility index (Phi) is 4.05. The van der Waals surface area contributed by atoms with Gasteiger partial charge in [0.25, 0.3) is 0 Å². The fourth-order valence-corrected chi connectivity index (χ4v) is 4.23. The molecule has 2 aromatic heterocycles. The molecule has 6 heteroatoms. The number of carbonyl (C=O) groups excluding carboxylic acids is 1. The van der Waals surface area contributed by atoms with Crippen molar-refractivity contribution in [3.8, 4) is 0 Å². The summed E-state index contributed by atoms with van der Waals surface area (Å²) in [7, 11) is 0. The van der Waals surface area contributed by atoms with Crippen LogP contribution in [0.2, 0.25) is 0 Å². The maximum atomic E-state index is 12.4. The number of aryl methyl sites for hydroxylation is 1. The summed E-state index contributed by atoms with van der Waals surface area (Å²) in [5.74, 6) is 1.47. The van der Waals surface area contributed by atoms with E-state index in [2.05, 4.69) is 22.2 Å². The average molecular weight is 352 g/mol. The molecule has 0 saturated heterocycles. The van der Waals surface area contributed by atoms with Crippen molar-refractivity contribution in [3.63, 3.8) is 0 Å². The number of carbonyl (C=O) groups is 1. The van der Waals surface area contributed by atoms with Crippen molar-refractivity contribution < 1.29 is 4.79 Å². The van der Waals surface area contributed by atoms with Gasteiger partial charge >= 0.3 is 0 Å². The molecular weight excluding hydrogens is 328 g/mol. The molecule has 1 aliphatic heterocycles. The van der Waals surface area contributed by atoms with Gasteiger partial charge in [-0.3, -0.25) is 9.59 Å². The van der Waals surface area contributed by atoms with Gasteiger partial charge in [0, 0.05) is 30.6 Å². The highest BCUT2D eigenvalue weighted by Gasteiger charge is 2.48. The second-order valence-electron chi connectivity index (χ2n) is 7.48. The van der Waals surface area contributed by atoms with Crippen molar-refractivity contribution in [2.24, 2.45) is 11.8 Å². The van der Waals surface area contributed by atoms with Gasteiger partial charge < -0.3 is 15.2 Å². The summed E-state index contributed by atoms with van der Waals surface area (Å²) in [4.78, 5) is 33.9. The predicted octanol–water partition coefficient (Wildman–Crippen LogP) is 3.01. The zero-order valence-electron chi connectivity index (χ0n) is 15.3. The average Bonchev–Trinajstić information content (AvgIpc) is 3.41. The number of H-pyrrole nitrogens is 1. The molecule has 0 bridgehead atoms. The number of aromatic nitrogens is 2. The topological polar surface area (TPSA) is 78.1 Å². The Balaban J connectivity index is 1.81.